The van der Waals surface area contributed by atoms with E-state index >= 15 is 0 Å². The summed E-state index contributed by atoms with van der Waals surface area (Å²) in [5.74, 6) is 0. The second kappa shape index (κ2) is 5.72. The lowest BCUT2D eigenvalue weighted by Crippen LogP contribution is -1.95. The lowest BCUT2D eigenvalue weighted by molar-refractivity contribution is 1.33. The van der Waals surface area contributed by atoms with Gasteiger partial charge in [-0.05, 0) is 0 Å². The Bertz CT molecular complexity index is 642. The molecule has 8 heteroatoms. The minimum absolute atomic E-state index is 0.0793. The number of hydrogen-bond acceptors (Lipinski definition) is 2. The van der Waals surface area contributed by atoms with E-state index < -0.39 is 0 Å². The molecule has 2 aromatic rings. The molecule has 1 aromatic heterocycles. The average molecular weight is 377 g/mol. The Kier molecular flexibility index (Phi) is 4.61. The molecule has 0 aliphatic rings. The maximum Gasteiger partial charge on any atom is 0.0824 e. The van der Waals surface area contributed by atoms with E-state index in [0.717, 1.165) is 0 Å². The molecule has 0 aliphatic carbocycles. The summed E-state index contributed by atoms with van der Waals surface area (Å²) in [6.07, 6.45) is 2.87. The Hall–Kier alpha value is -0.0900. The topological polar surface area (TPSA) is 38.9 Å². The van der Waals surface area contributed by atoms with Crippen molar-refractivity contribution in [3.63, 3.8) is 0 Å². The highest BCUT2D eigenvalue weighted by Crippen LogP contribution is 2.49. The maximum absolute atomic E-state index is 6.15. The summed E-state index contributed by atoms with van der Waals surface area (Å²) >= 11 is 36.1. The van der Waals surface area contributed by atoms with Gasteiger partial charge in [0.1, 0.15) is 0 Å². The molecule has 2 nitrogen and oxygen atoms in total. The van der Waals surface area contributed by atoms with Crippen LogP contribution in [-0.4, -0.2) is 4.98 Å². The molecule has 0 saturated carbocycles. The molecule has 1 heterocycles. The van der Waals surface area contributed by atoms with Gasteiger partial charge in [-0.25, -0.2) is 0 Å². The highest BCUT2D eigenvalue weighted by atomic mass is 35.5. The van der Waals surface area contributed by atoms with Gasteiger partial charge in [-0.15, -0.1) is 0 Å². The van der Waals surface area contributed by atoms with Gasteiger partial charge in [0.15, 0.2) is 0 Å². The highest BCUT2D eigenvalue weighted by molar-refractivity contribution is 6.56. The number of hydrogen-bond donors (Lipinski definition) is 1. The molecular weight excluding hydrogens is 373 g/mol. The molecule has 19 heavy (non-hydrogen) atoms. The van der Waals surface area contributed by atoms with Crippen LogP contribution in [0.3, 0.4) is 0 Å². The summed E-state index contributed by atoms with van der Waals surface area (Å²) < 4.78 is 0. The first-order chi connectivity index (χ1) is 8.86. The van der Waals surface area contributed by atoms with Crippen LogP contribution >= 0.6 is 69.6 Å². The van der Waals surface area contributed by atoms with E-state index in [0.29, 0.717) is 11.1 Å². The second-order valence-electron chi connectivity index (χ2n) is 3.53. The zero-order valence-corrected chi connectivity index (χ0v) is 13.5. The molecule has 0 radical (unpaired) electrons. The van der Waals surface area contributed by atoms with E-state index in [4.69, 9.17) is 75.3 Å². The quantitative estimate of drug-likeness (QED) is 0.471. The van der Waals surface area contributed by atoms with Gasteiger partial charge >= 0.3 is 0 Å². The molecule has 2 rings (SSSR count). The first-order valence-electron chi connectivity index (χ1n) is 4.77. The summed E-state index contributed by atoms with van der Waals surface area (Å²) in [4.78, 5) is 3.94. The van der Waals surface area contributed by atoms with Crippen LogP contribution in [0.5, 0.6) is 0 Å². The van der Waals surface area contributed by atoms with E-state index in [9.17, 15) is 0 Å². The van der Waals surface area contributed by atoms with Crippen molar-refractivity contribution in [1.29, 1.82) is 0 Å². The Labute approximate surface area is 139 Å². The number of anilines is 1. The minimum Gasteiger partial charge on any atom is -0.397 e. The first kappa shape index (κ1) is 15.3. The molecular formula is C11H4Cl6N2. The first-order valence-corrected chi connectivity index (χ1v) is 7.03. The summed E-state index contributed by atoms with van der Waals surface area (Å²) in [5, 5.41) is 0.801. The number of halogens is 6. The van der Waals surface area contributed by atoms with E-state index in [1.807, 2.05) is 0 Å². The molecule has 2 N–H and O–H groups in total. The predicted molar refractivity (Wildman–Crippen MR) is 84.1 cm³/mol. The minimum atomic E-state index is 0.0793. The molecule has 0 bridgehead atoms. The fourth-order valence-corrected chi connectivity index (χ4v) is 2.99. The fraction of sp³-hybridized carbons (Fsp3) is 0. The molecule has 0 saturated heterocycles. The molecule has 0 amide bonds. The van der Waals surface area contributed by atoms with Gasteiger partial charge in [0.25, 0.3) is 0 Å². The zero-order chi connectivity index (χ0) is 14.3. The summed E-state index contributed by atoms with van der Waals surface area (Å²) in [5.41, 5.74) is 6.93. The molecule has 0 unspecified atom stereocenters. The fourth-order valence-electron chi connectivity index (χ4n) is 1.49. The van der Waals surface area contributed by atoms with Gasteiger partial charge in [0.05, 0.1) is 35.8 Å². The number of benzene rings is 1. The summed E-state index contributed by atoms with van der Waals surface area (Å²) in [7, 11) is 0. The van der Waals surface area contributed by atoms with Crippen LogP contribution in [0.4, 0.5) is 5.69 Å². The number of aromatic nitrogens is 1. The Morgan fingerprint density at radius 2 is 1.21 bits per heavy atom. The lowest BCUT2D eigenvalue weighted by Gasteiger charge is -2.14. The Balaban J connectivity index is 2.87. The molecule has 0 atom stereocenters. The van der Waals surface area contributed by atoms with Crippen molar-refractivity contribution in [2.75, 3.05) is 5.73 Å². The lowest BCUT2D eigenvalue weighted by atomic mass is 10.1. The highest BCUT2D eigenvalue weighted by Gasteiger charge is 2.22. The zero-order valence-electron chi connectivity index (χ0n) is 8.95. The molecule has 0 fully saturated rings. The third kappa shape index (κ3) is 2.58. The van der Waals surface area contributed by atoms with Crippen molar-refractivity contribution in [1.82, 2.24) is 4.98 Å². The van der Waals surface area contributed by atoms with Crippen molar-refractivity contribution in [2.45, 2.75) is 0 Å². The number of rotatable bonds is 1. The van der Waals surface area contributed by atoms with Crippen LogP contribution in [0.25, 0.3) is 11.1 Å². The summed E-state index contributed by atoms with van der Waals surface area (Å²) in [6, 6.07) is 0. The molecule has 0 aliphatic heterocycles. The average Bonchev–Trinajstić information content (AvgIpc) is 2.39. The second-order valence-corrected chi connectivity index (χ2v) is 5.82. The molecule has 100 valence electrons. The third-order valence-electron chi connectivity index (χ3n) is 2.42. The van der Waals surface area contributed by atoms with E-state index in [2.05, 4.69) is 4.98 Å². The van der Waals surface area contributed by atoms with Crippen LogP contribution in [0, 0.1) is 0 Å². The van der Waals surface area contributed by atoms with Gasteiger partial charge in [-0.2, -0.15) is 0 Å². The van der Waals surface area contributed by atoms with Crippen molar-refractivity contribution in [2.24, 2.45) is 0 Å². The van der Waals surface area contributed by atoms with Crippen LogP contribution in [0.1, 0.15) is 0 Å². The van der Waals surface area contributed by atoms with Crippen molar-refractivity contribution < 1.29 is 0 Å². The Morgan fingerprint density at radius 1 is 0.737 bits per heavy atom. The van der Waals surface area contributed by atoms with E-state index in [1.165, 1.54) is 12.4 Å². The monoisotopic (exact) mass is 374 g/mol. The van der Waals surface area contributed by atoms with Crippen LogP contribution in [-0.2, 0) is 0 Å². The van der Waals surface area contributed by atoms with Crippen LogP contribution < -0.4 is 5.73 Å². The maximum atomic E-state index is 6.15. The van der Waals surface area contributed by atoms with Crippen molar-refractivity contribution >= 4 is 75.3 Å². The number of nitrogen functional groups attached to an aromatic ring is 1. The van der Waals surface area contributed by atoms with Gasteiger partial charge < -0.3 is 5.73 Å². The van der Waals surface area contributed by atoms with Crippen molar-refractivity contribution in [3.05, 3.63) is 42.5 Å². The standard InChI is InChI=1S/C11H4Cl6N2/c12-4-2-19-1-3(11(4)18)5-6(13)8(15)10(17)9(16)7(5)14/h1-2H,(H2,18,19). The predicted octanol–water partition coefficient (Wildman–Crippen LogP) is 6.25. The SMILES string of the molecule is Nc1c(Cl)cncc1-c1c(Cl)c(Cl)c(Cl)c(Cl)c1Cl. The van der Waals surface area contributed by atoms with Crippen LogP contribution in [0.15, 0.2) is 12.4 Å². The van der Waals surface area contributed by atoms with Gasteiger partial charge in [-0.1, -0.05) is 69.6 Å². The van der Waals surface area contributed by atoms with Gasteiger partial charge in [-0.3, -0.25) is 4.98 Å². The van der Waals surface area contributed by atoms with Crippen LogP contribution in [0.2, 0.25) is 30.1 Å². The van der Waals surface area contributed by atoms with Gasteiger partial charge in [0, 0.05) is 23.5 Å². The smallest absolute Gasteiger partial charge is 0.0824 e. The van der Waals surface area contributed by atoms with Gasteiger partial charge in [0.2, 0.25) is 0 Å². The normalized spacial score (nSPS) is 10.8. The number of nitrogens with two attached hydrogens (primary N) is 1. The van der Waals surface area contributed by atoms with E-state index in [-0.39, 0.29) is 35.8 Å². The number of nitrogens with zero attached hydrogens (tertiary/aromatic N) is 1. The number of pyridine rings is 1. The molecule has 0 spiro atoms. The summed E-state index contributed by atoms with van der Waals surface area (Å²) in [6.45, 7) is 0. The Morgan fingerprint density at radius 3 is 1.74 bits per heavy atom. The molecule has 1 aromatic carbocycles. The third-order valence-corrected chi connectivity index (χ3v) is 5.00. The van der Waals surface area contributed by atoms with Crippen molar-refractivity contribution in [3.8, 4) is 11.1 Å². The van der Waals surface area contributed by atoms with E-state index in [1.54, 1.807) is 0 Å². The largest absolute Gasteiger partial charge is 0.397 e.